The maximum Gasteiger partial charge on any atom is 0.238 e. The Hall–Kier alpha value is -1.62. The maximum atomic E-state index is 5.35. The van der Waals surface area contributed by atoms with Crippen molar-refractivity contribution in [2.45, 2.75) is 25.7 Å². The van der Waals surface area contributed by atoms with E-state index in [2.05, 4.69) is 15.5 Å². The van der Waals surface area contributed by atoms with Gasteiger partial charge in [-0.05, 0) is 37.9 Å². The van der Waals surface area contributed by atoms with Crippen LogP contribution in [-0.2, 0) is 0 Å². The molecule has 0 unspecified atom stereocenters. The summed E-state index contributed by atoms with van der Waals surface area (Å²) in [6.45, 7) is 3.96. The van der Waals surface area contributed by atoms with E-state index in [0.29, 0.717) is 23.4 Å². The Morgan fingerprint density at radius 1 is 1.47 bits per heavy atom. The molecule has 1 aliphatic heterocycles. The first-order valence-electron chi connectivity index (χ1n) is 5.93. The van der Waals surface area contributed by atoms with E-state index in [9.17, 15) is 0 Å². The second kappa shape index (κ2) is 4.33. The minimum atomic E-state index is 0.334. The first-order chi connectivity index (χ1) is 8.34. The predicted octanol–water partition coefficient (Wildman–Crippen LogP) is 2.11. The molecule has 90 valence electrons. The number of aromatic nitrogens is 2. The van der Waals surface area contributed by atoms with E-state index < -0.39 is 0 Å². The summed E-state index contributed by atoms with van der Waals surface area (Å²) in [5.41, 5.74) is 1.03. The number of hydrogen-bond acceptors (Lipinski definition) is 5. The van der Waals surface area contributed by atoms with Crippen LogP contribution in [0.25, 0.3) is 11.6 Å². The van der Waals surface area contributed by atoms with Gasteiger partial charge in [-0.2, -0.15) is 4.98 Å². The highest BCUT2D eigenvalue weighted by atomic mass is 16.5. The lowest BCUT2D eigenvalue weighted by Crippen LogP contribution is -2.28. The fourth-order valence-corrected chi connectivity index (χ4v) is 2.16. The highest BCUT2D eigenvalue weighted by Gasteiger charge is 2.22. The molecule has 3 rings (SSSR count). The lowest BCUT2D eigenvalue weighted by Gasteiger charge is -2.18. The lowest BCUT2D eigenvalue weighted by atomic mass is 10.00. The van der Waals surface area contributed by atoms with Gasteiger partial charge < -0.3 is 14.3 Å². The molecule has 0 bridgehead atoms. The van der Waals surface area contributed by atoms with E-state index in [1.165, 1.54) is 0 Å². The molecule has 0 radical (unpaired) electrons. The van der Waals surface area contributed by atoms with Crippen molar-refractivity contribution in [3.63, 3.8) is 0 Å². The SMILES string of the molecule is Cc1ccoc1-c1noc([C@H]2CCCNC2)n1. The van der Waals surface area contributed by atoms with Crippen molar-refractivity contribution in [2.75, 3.05) is 13.1 Å². The van der Waals surface area contributed by atoms with Crippen molar-refractivity contribution in [3.8, 4) is 11.6 Å². The van der Waals surface area contributed by atoms with Crippen LogP contribution >= 0.6 is 0 Å². The molecule has 0 amide bonds. The van der Waals surface area contributed by atoms with Gasteiger partial charge >= 0.3 is 0 Å². The molecule has 0 aromatic carbocycles. The molecule has 2 aromatic heterocycles. The fraction of sp³-hybridized carbons (Fsp3) is 0.500. The van der Waals surface area contributed by atoms with Gasteiger partial charge in [-0.1, -0.05) is 5.16 Å². The van der Waals surface area contributed by atoms with E-state index >= 15 is 0 Å². The van der Waals surface area contributed by atoms with Gasteiger partial charge in [0.2, 0.25) is 11.7 Å². The average Bonchev–Trinajstić information content (AvgIpc) is 2.98. The van der Waals surface area contributed by atoms with Gasteiger partial charge in [-0.3, -0.25) is 0 Å². The largest absolute Gasteiger partial charge is 0.461 e. The van der Waals surface area contributed by atoms with Gasteiger partial charge in [-0.25, -0.2) is 0 Å². The zero-order chi connectivity index (χ0) is 11.7. The third kappa shape index (κ3) is 1.98. The van der Waals surface area contributed by atoms with Gasteiger partial charge in [0.1, 0.15) is 0 Å². The molecular weight excluding hydrogens is 218 g/mol. The summed E-state index contributed by atoms with van der Waals surface area (Å²) >= 11 is 0. The van der Waals surface area contributed by atoms with Crippen molar-refractivity contribution >= 4 is 0 Å². The summed E-state index contributed by atoms with van der Waals surface area (Å²) in [5.74, 6) is 2.29. The minimum absolute atomic E-state index is 0.334. The molecule has 0 aliphatic carbocycles. The third-order valence-corrected chi connectivity index (χ3v) is 3.15. The number of furan rings is 1. The number of aryl methyl sites for hydroxylation is 1. The standard InChI is InChI=1S/C12H15N3O2/c1-8-4-6-16-10(8)11-14-12(17-15-11)9-3-2-5-13-7-9/h4,6,9,13H,2-3,5,7H2,1H3/t9-/m0/s1. The summed E-state index contributed by atoms with van der Waals surface area (Å²) in [6, 6.07) is 1.90. The molecule has 1 saturated heterocycles. The fourth-order valence-electron chi connectivity index (χ4n) is 2.16. The molecule has 5 heteroatoms. The Morgan fingerprint density at radius 3 is 3.12 bits per heavy atom. The Balaban J connectivity index is 1.85. The summed E-state index contributed by atoms with van der Waals surface area (Å²) in [7, 11) is 0. The van der Waals surface area contributed by atoms with Crippen molar-refractivity contribution in [1.29, 1.82) is 0 Å². The number of hydrogen-bond donors (Lipinski definition) is 1. The highest BCUT2D eigenvalue weighted by Crippen LogP contribution is 2.26. The van der Waals surface area contributed by atoms with E-state index in [0.717, 1.165) is 31.5 Å². The topological polar surface area (TPSA) is 64.1 Å². The van der Waals surface area contributed by atoms with Gasteiger partial charge in [0.15, 0.2) is 5.76 Å². The second-order valence-electron chi connectivity index (χ2n) is 4.43. The quantitative estimate of drug-likeness (QED) is 0.860. The molecule has 1 aliphatic rings. The Labute approximate surface area is 99.2 Å². The summed E-state index contributed by atoms with van der Waals surface area (Å²) in [4.78, 5) is 4.43. The van der Waals surface area contributed by atoms with Crippen LogP contribution in [0.1, 0.15) is 30.2 Å². The van der Waals surface area contributed by atoms with Gasteiger partial charge in [0, 0.05) is 6.54 Å². The summed E-state index contributed by atoms with van der Waals surface area (Å²) in [5, 5.41) is 7.32. The predicted molar refractivity (Wildman–Crippen MR) is 61.6 cm³/mol. The first kappa shape index (κ1) is 10.5. The van der Waals surface area contributed by atoms with E-state index in [4.69, 9.17) is 8.94 Å². The minimum Gasteiger partial charge on any atom is -0.461 e. The first-order valence-corrected chi connectivity index (χ1v) is 5.93. The van der Waals surface area contributed by atoms with Crippen molar-refractivity contribution in [3.05, 3.63) is 23.8 Å². The van der Waals surface area contributed by atoms with Crippen LogP contribution < -0.4 is 5.32 Å². The molecule has 2 aromatic rings. The molecule has 3 heterocycles. The number of piperidine rings is 1. The Kier molecular flexibility index (Phi) is 2.68. The van der Waals surface area contributed by atoms with Crippen molar-refractivity contribution < 1.29 is 8.94 Å². The van der Waals surface area contributed by atoms with Crippen LogP contribution in [-0.4, -0.2) is 23.2 Å². The van der Waals surface area contributed by atoms with Crippen LogP contribution in [0.15, 0.2) is 21.3 Å². The van der Waals surface area contributed by atoms with Crippen LogP contribution in [0.2, 0.25) is 0 Å². The van der Waals surface area contributed by atoms with Crippen LogP contribution in [0.5, 0.6) is 0 Å². The van der Waals surface area contributed by atoms with E-state index in [1.807, 2.05) is 13.0 Å². The van der Waals surface area contributed by atoms with E-state index in [-0.39, 0.29) is 0 Å². The highest BCUT2D eigenvalue weighted by molar-refractivity contribution is 5.51. The molecule has 5 nitrogen and oxygen atoms in total. The number of rotatable bonds is 2. The van der Waals surface area contributed by atoms with Gasteiger partial charge in [0.25, 0.3) is 0 Å². The molecular formula is C12H15N3O2. The van der Waals surface area contributed by atoms with Gasteiger partial charge in [-0.15, -0.1) is 0 Å². The van der Waals surface area contributed by atoms with E-state index in [1.54, 1.807) is 6.26 Å². The smallest absolute Gasteiger partial charge is 0.238 e. The zero-order valence-electron chi connectivity index (χ0n) is 9.77. The monoisotopic (exact) mass is 233 g/mol. The van der Waals surface area contributed by atoms with Crippen LogP contribution in [0.4, 0.5) is 0 Å². The maximum absolute atomic E-state index is 5.35. The molecule has 1 atom stereocenters. The normalized spacial score (nSPS) is 20.6. The molecule has 1 N–H and O–H groups in total. The van der Waals surface area contributed by atoms with Crippen LogP contribution in [0, 0.1) is 6.92 Å². The third-order valence-electron chi connectivity index (χ3n) is 3.15. The van der Waals surface area contributed by atoms with Crippen LogP contribution in [0.3, 0.4) is 0 Å². The zero-order valence-corrected chi connectivity index (χ0v) is 9.77. The summed E-state index contributed by atoms with van der Waals surface area (Å²) < 4.78 is 10.7. The van der Waals surface area contributed by atoms with Gasteiger partial charge in [0.05, 0.1) is 12.2 Å². The number of nitrogens with zero attached hydrogens (tertiary/aromatic N) is 2. The van der Waals surface area contributed by atoms with Crippen molar-refractivity contribution in [1.82, 2.24) is 15.5 Å². The average molecular weight is 233 g/mol. The Bertz CT molecular complexity index is 497. The lowest BCUT2D eigenvalue weighted by molar-refractivity contribution is 0.322. The van der Waals surface area contributed by atoms with Crippen molar-refractivity contribution in [2.24, 2.45) is 0 Å². The number of nitrogens with one attached hydrogen (secondary N) is 1. The molecule has 17 heavy (non-hydrogen) atoms. The molecule has 1 fully saturated rings. The molecule has 0 spiro atoms. The summed E-state index contributed by atoms with van der Waals surface area (Å²) in [6.07, 6.45) is 3.90. The molecule has 0 saturated carbocycles. The second-order valence-corrected chi connectivity index (χ2v) is 4.43. The Morgan fingerprint density at radius 2 is 2.41 bits per heavy atom.